The second-order valence-electron chi connectivity index (χ2n) is 11.7. The van der Waals surface area contributed by atoms with E-state index >= 15 is 0 Å². The summed E-state index contributed by atoms with van der Waals surface area (Å²) >= 11 is 0. The minimum atomic E-state index is -2.69. The highest BCUT2D eigenvalue weighted by atomic mass is 19.3. The number of alkyl halides is 2. The van der Waals surface area contributed by atoms with Crippen LogP contribution < -0.4 is 10.6 Å². The third kappa shape index (κ3) is 6.00. The molecule has 3 saturated carbocycles. The lowest BCUT2D eigenvalue weighted by molar-refractivity contribution is -0.122. The first-order valence-corrected chi connectivity index (χ1v) is 14.5. The van der Waals surface area contributed by atoms with Crippen LogP contribution in [0.25, 0.3) is 5.78 Å². The molecule has 2 atom stereocenters. The van der Waals surface area contributed by atoms with Gasteiger partial charge in [0.15, 0.2) is 0 Å². The summed E-state index contributed by atoms with van der Waals surface area (Å²) in [5.41, 5.74) is 1.32. The normalized spacial score (nSPS) is 20.8. The number of nitrogens with one attached hydrogen (secondary N) is 2. The fraction of sp³-hybridized carbons (Fsp3) is 0.643. The number of nitrogens with zero attached hydrogens (tertiary/aromatic N) is 6. The zero-order chi connectivity index (χ0) is 27.9. The van der Waals surface area contributed by atoms with Gasteiger partial charge >= 0.3 is 0 Å². The number of imidazole rings is 1. The van der Waals surface area contributed by atoms with Crippen molar-refractivity contribution >= 4 is 17.6 Å². The molecule has 0 saturated heterocycles. The Hall–Kier alpha value is -3.44. The van der Waals surface area contributed by atoms with Crippen LogP contribution >= 0.6 is 0 Å². The summed E-state index contributed by atoms with van der Waals surface area (Å²) in [6, 6.07) is 1.14. The first kappa shape index (κ1) is 26.8. The predicted octanol–water partition coefficient (Wildman–Crippen LogP) is 4.39. The van der Waals surface area contributed by atoms with Crippen LogP contribution in [-0.4, -0.2) is 46.9 Å². The Labute approximate surface area is 231 Å². The first-order chi connectivity index (χ1) is 19.3. The Balaban J connectivity index is 1.27. The molecule has 2 N–H and O–H groups in total. The minimum absolute atomic E-state index is 0.0107. The second-order valence-corrected chi connectivity index (χ2v) is 11.7. The summed E-state index contributed by atoms with van der Waals surface area (Å²) in [6.45, 7) is 2.61. The number of hydrogen-bond donors (Lipinski definition) is 2. The Morgan fingerprint density at radius 3 is 2.42 bits per heavy atom. The first-order valence-electron chi connectivity index (χ1n) is 14.5. The van der Waals surface area contributed by atoms with Crippen molar-refractivity contribution in [3.05, 3.63) is 42.0 Å². The van der Waals surface area contributed by atoms with Crippen LogP contribution in [0, 0.1) is 17.8 Å². The molecule has 214 valence electrons. The second kappa shape index (κ2) is 10.9. The molecule has 0 aromatic carbocycles. The number of aromatic nitrogens is 6. The van der Waals surface area contributed by atoms with Crippen molar-refractivity contribution in [1.29, 1.82) is 0 Å². The quantitative estimate of drug-likeness (QED) is 0.363. The molecule has 0 spiro atoms. The van der Waals surface area contributed by atoms with Crippen LogP contribution in [-0.2, 0) is 11.3 Å². The van der Waals surface area contributed by atoms with Gasteiger partial charge in [0.2, 0.25) is 23.4 Å². The molecule has 0 bridgehead atoms. The van der Waals surface area contributed by atoms with Crippen LogP contribution in [0.4, 0.5) is 8.78 Å². The summed E-state index contributed by atoms with van der Waals surface area (Å²) in [5.74, 6) is -1.75. The molecule has 3 aromatic rings. The maximum atomic E-state index is 14.0. The van der Waals surface area contributed by atoms with Crippen molar-refractivity contribution in [2.24, 2.45) is 17.8 Å². The summed E-state index contributed by atoms with van der Waals surface area (Å²) in [7, 11) is 0. The third-order valence-corrected chi connectivity index (χ3v) is 8.36. The van der Waals surface area contributed by atoms with Gasteiger partial charge < -0.3 is 10.6 Å². The van der Waals surface area contributed by atoms with E-state index in [0.717, 1.165) is 37.8 Å². The van der Waals surface area contributed by atoms with E-state index in [9.17, 15) is 18.4 Å². The molecule has 3 aliphatic rings. The number of carbonyl (C=O) groups excluding carboxylic acids is 2. The molecule has 40 heavy (non-hydrogen) atoms. The van der Waals surface area contributed by atoms with Gasteiger partial charge in [-0.3, -0.25) is 14.0 Å². The average Bonchev–Trinajstić information content (AvgIpc) is 3.84. The van der Waals surface area contributed by atoms with Crippen molar-refractivity contribution in [2.75, 3.05) is 0 Å². The largest absolute Gasteiger partial charge is 0.347 e. The number of amides is 2. The SMILES string of the molecule is CCCC(=O)N[C@H](c1ccn2cc([C@@H](NC(=O)c3ncnn3CC3CC3)C3CCC(F)(F)CC3)nc2n1)C1CC1. The Morgan fingerprint density at radius 2 is 1.73 bits per heavy atom. The van der Waals surface area contributed by atoms with E-state index < -0.39 is 17.9 Å². The molecule has 0 radical (unpaired) electrons. The average molecular weight is 555 g/mol. The molecule has 12 heteroatoms. The van der Waals surface area contributed by atoms with Gasteiger partial charge in [-0.1, -0.05) is 6.92 Å². The maximum Gasteiger partial charge on any atom is 0.289 e. The van der Waals surface area contributed by atoms with Gasteiger partial charge in [-0.15, -0.1) is 0 Å². The molecule has 3 aliphatic carbocycles. The van der Waals surface area contributed by atoms with E-state index in [1.54, 1.807) is 15.3 Å². The van der Waals surface area contributed by atoms with Gasteiger partial charge in [-0.2, -0.15) is 5.10 Å². The Bertz CT molecular complexity index is 1370. The van der Waals surface area contributed by atoms with Gasteiger partial charge in [0.1, 0.15) is 6.33 Å². The Morgan fingerprint density at radius 1 is 1.02 bits per heavy atom. The highest BCUT2D eigenvalue weighted by Crippen LogP contribution is 2.42. The van der Waals surface area contributed by atoms with Gasteiger partial charge in [0.25, 0.3) is 5.91 Å². The highest BCUT2D eigenvalue weighted by molar-refractivity contribution is 5.90. The third-order valence-electron chi connectivity index (χ3n) is 8.36. The van der Waals surface area contributed by atoms with Crippen molar-refractivity contribution in [2.45, 2.75) is 95.7 Å². The van der Waals surface area contributed by atoms with E-state index in [1.165, 1.54) is 6.33 Å². The summed E-state index contributed by atoms with van der Waals surface area (Å²) in [5, 5.41) is 10.4. The fourth-order valence-corrected chi connectivity index (χ4v) is 5.72. The van der Waals surface area contributed by atoms with Crippen molar-refractivity contribution in [3.8, 4) is 0 Å². The fourth-order valence-electron chi connectivity index (χ4n) is 5.72. The Kier molecular flexibility index (Phi) is 7.26. The predicted molar refractivity (Wildman–Crippen MR) is 141 cm³/mol. The summed E-state index contributed by atoms with van der Waals surface area (Å²) in [4.78, 5) is 39.5. The van der Waals surface area contributed by atoms with Gasteiger partial charge in [0.05, 0.1) is 23.5 Å². The number of hydrogen-bond acceptors (Lipinski definition) is 6. The van der Waals surface area contributed by atoms with Crippen LogP contribution in [0.1, 0.15) is 105 Å². The van der Waals surface area contributed by atoms with Crippen LogP contribution in [0.15, 0.2) is 24.8 Å². The maximum absolute atomic E-state index is 14.0. The monoisotopic (exact) mass is 554 g/mol. The molecule has 0 unspecified atom stereocenters. The van der Waals surface area contributed by atoms with E-state index in [4.69, 9.17) is 9.97 Å². The number of fused-ring (bicyclic) bond motifs is 1. The summed E-state index contributed by atoms with van der Waals surface area (Å²) < 4.78 is 31.5. The van der Waals surface area contributed by atoms with Crippen molar-refractivity contribution in [3.63, 3.8) is 0 Å². The number of rotatable bonds is 11. The molecular formula is C28H36F2N8O2. The lowest BCUT2D eigenvalue weighted by Crippen LogP contribution is -2.38. The number of carbonyl (C=O) groups is 2. The minimum Gasteiger partial charge on any atom is -0.347 e. The van der Waals surface area contributed by atoms with E-state index in [1.807, 2.05) is 19.2 Å². The van der Waals surface area contributed by atoms with Crippen LogP contribution in [0.2, 0.25) is 0 Å². The van der Waals surface area contributed by atoms with Gasteiger partial charge in [0, 0.05) is 38.2 Å². The summed E-state index contributed by atoms with van der Waals surface area (Å²) in [6.07, 6.45) is 10.7. The van der Waals surface area contributed by atoms with E-state index in [0.29, 0.717) is 36.3 Å². The molecule has 3 heterocycles. The topological polar surface area (TPSA) is 119 Å². The smallest absolute Gasteiger partial charge is 0.289 e. The van der Waals surface area contributed by atoms with Crippen LogP contribution in [0.3, 0.4) is 0 Å². The molecular weight excluding hydrogens is 518 g/mol. The molecule has 6 rings (SSSR count). The molecule has 3 fully saturated rings. The molecule has 3 aromatic heterocycles. The number of halogens is 2. The molecule has 2 amide bonds. The molecule has 10 nitrogen and oxygen atoms in total. The van der Waals surface area contributed by atoms with Gasteiger partial charge in [-0.05, 0) is 68.8 Å². The van der Waals surface area contributed by atoms with Crippen molar-refractivity contribution in [1.82, 2.24) is 39.8 Å². The zero-order valence-electron chi connectivity index (χ0n) is 22.7. The lowest BCUT2D eigenvalue weighted by Gasteiger charge is -2.33. The zero-order valence-corrected chi connectivity index (χ0v) is 22.7. The van der Waals surface area contributed by atoms with Gasteiger partial charge in [-0.25, -0.2) is 28.4 Å². The van der Waals surface area contributed by atoms with Crippen molar-refractivity contribution < 1.29 is 18.4 Å². The lowest BCUT2D eigenvalue weighted by atomic mass is 9.81. The van der Waals surface area contributed by atoms with Crippen LogP contribution in [0.5, 0.6) is 0 Å². The van der Waals surface area contributed by atoms with E-state index in [-0.39, 0.29) is 49.4 Å². The molecule has 0 aliphatic heterocycles. The standard InChI is InChI=1S/C28H36F2N8O2/c1-2-3-22(39)35-23(18-6-7-18)20-10-13-37-15-21(34-27(37)33-20)24(19-8-11-28(29,30)12-9-19)36-26(40)25-31-16-32-38(25)14-17-4-5-17/h10,13,15-19,23-24H,2-9,11-12,14H2,1H3,(H,35,39)(H,36,40)/t23-,24-/m0/s1. The highest BCUT2D eigenvalue weighted by Gasteiger charge is 2.40. The van der Waals surface area contributed by atoms with E-state index in [2.05, 4.69) is 20.7 Å².